The van der Waals surface area contributed by atoms with E-state index in [1.54, 1.807) is 16.7 Å². The number of fused-ring (bicyclic) bond motifs is 6. The summed E-state index contributed by atoms with van der Waals surface area (Å²) in [7, 11) is 2.35. The van der Waals surface area contributed by atoms with Gasteiger partial charge in [-0.05, 0) is 86.4 Å². The van der Waals surface area contributed by atoms with Crippen LogP contribution >= 0.6 is 0 Å². The number of aliphatic carboxylic acids is 2. The average Bonchev–Trinajstić information content (AvgIpc) is 3.38. The molecule has 5 heteroatoms. The molecule has 2 bridgehead atoms. The monoisotopic (exact) mass is 397 g/mol. The molecule has 2 saturated carbocycles. The summed E-state index contributed by atoms with van der Waals surface area (Å²) in [5, 5.41) is 15.6. The predicted octanol–water partition coefficient (Wildman–Crippen LogP) is 3.51. The maximum Gasteiger partial charge on any atom is 0.328 e. The van der Waals surface area contributed by atoms with E-state index in [4.69, 9.17) is 10.2 Å². The maximum atomic E-state index is 9.55. The van der Waals surface area contributed by atoms with Gasteiger partial charge in [0.25, 0.3) is 0 Å². The molecule has 29 heavy (non-hydrogen) atoms. The zero-order valence-electron chi connectivity index (χ0n) is 17.1. The van der Waals surface area contributed by atoms with Gasteiger partial charge in [0.05, 0.1) is 0 Å². The van der Waals surface area contributed by atoms with Crippen molar-refractivity contribution in [3.05, 3.63) is 47.0 Å². The quantitative estimate of drug-likeness (QED) is 0.763. The summed E-state index contributed by atoms with van der Waals surface area (Å²) in [4.78, 5) is 21.7. The number of likely N-dealkylation sites (N-methyl/N-ethyl adjacent to an activating group) is 1. The van der Waals surface area contributed by atoms with Crippen LogP contribution in [0.4, 0.5) is 0 Å². The van der Waals surface area contributed by atoms with E-state index < -0.39 is 11.9 Å². The molecule has 0 spiro atoms. The number of benzene rings is 1. The summed E-state index contributed by atoms with van der Waals surface area (Å²) in [6, 6.07) is 7.65. The van der Waals surface area contributed by atoms with E-state index >= 15 is 0 Å². The van der Waals surface area contributed by atoms with Gasteiger partial charge in [-0.15, -0.1) is 0 Å². The first-order chi connectivity index (χ1) is 13.9. The third-order valence-electron chi connectivity index (χ3n) is 7.73. The number of hydrogen-bond donors (Lipinski definition) is 2. The van der Waals surface area contributed by atoms with E-state index in [0.29, 0.717) is 17.6 Å². The Balaban J connectivity index is 0.000000221. The fraction of sp³-hybridized carbons (Fsp3) is 0.583. The standard InChI is InChI=1S/C20H27N.C4H4O4/c1-21-12-19-16-7-9-18(11-16)20(19,13-21)17-8-6-14-4-2-3-5-15(14)10-17;5-3(6)1-2-4(7)8/h6,8,10,16,18-19H,2-5,7,9,11-13H2,1H3;1-2H,(H,5,6)(H,7,8)/b;2-1+. The number of carboxylic acid groups (broad SMARTS) is 2. The van der Waals surface area contributed by atoms with E-state index in [9.17, 15) is 9.59 Å². The third-order valence-corrected chi connectivity index (χ3v) is 7.73. The Morgan fingerprint density at radius 3 is 2.45 bits per heavy atom. The van der Waals surface area contributed by atoms with Crippen LogP contribution in [0.3, 0.4) is 0 Å². The van der Waals surface area contributed by atoms with Crippen LogP contribution in [0, 0.1) is 17.8 Å². The van der Waals surface area contributed by atoms with Crippen molar-refractivity contribution in [2.24, 2.45) is 17.8 Å². The van der Waals surface area contributed by atoms with E-state index in [2.05, 4.69) is 30.1 Å². The summed E-state index contributed by atoms with van der Waals surface area (Å²) >= 11 is 0. The molecule has 0 amide bonds. The first kappa shape index (κ1) is 20.1. The Kier molecular flexibility index (Phi) is 5.52. The van der Waals surface area contributed by atoms with Crippen LogP contribution in [0.2, 0.25) is 0 Å². The maximum absolute atomic E-state index is 9.55. The fourth-order valence-electron chi connectivity index (χ4n) is 6.68. The Morgan fingerprint density at radius 2 is 1.76 bits per heavy atom. The second-order valence-corrected chi connectivity index (χ2v) is 9.31. The number of carbonyl (C=O) groups is 2. The van der Waals surface area contributed by atoms with Gasteiger partial charge in [-0.1, -0.05) is 18.2 Å². The van der Waals surface area contributed by atoms with Crippen LogP contribution in [0.5, 0.6) is 0 Å². The second kappa shape index (κ2) is 7.94. The Labute approximate surface area is 172 Å². The van der Waals surface area contributed by atoms with Gasteiger partial charge in [-0.3, -0.25) is 0 Å². The molecule has 1 aromatic rings. The lowest BCUT2D eigenvalue weighted by Crippen LogP contribution is -2.40. The Morgan fingerprint density at radius 1 is 1.07 bits per heavy atom. The normalized spacial score (nSPS) is 32.5. The topological polar surface area (TPSA) is 77.8 Å². The molecular formula is C24H31NO4. The molecule has 3 aliphatic carbocycles. The molecule has 4 atom stereocenters. The minimum atomic E-state index is -1.26. The molecule has 156 valence electrons. The van der Waals surface area contributed by atoms with E-state index in [1.807, 2.05) is 0 Å². The predicted molar refractivity (Wildman–Crippen MR) is 111 cm³/mol. The molecule has 1 aliphatic heterocycles. The van der Waals surface area contributed by atoms with Crippen LogP contribution in [-0.4, -0.2) is 47.2 Å². The van der Waals surface area contributed by atoms with Crippen molar-refractivity contribution < 1.29 is 19.8 Å². The highest BCUT2D eigenvalue weighted by atomic mass is 16.4. The Hall–Kier alpha value is -2.14. The molecule has 5 nitrogen and oxygen atoms in total. The van der Waals surface area contributed by atoms with Gasteiger partial charge in [-0.2, -0.15) is 0 Å². The summed E-state index contributed by atoms with van der Waals surface area (Å²) in [5.74, 6) is 0.428. The highest BCUT2D eigenvalue weighted by Crippen LogP contribution is 2.63. The molecule has 1 aromatic carbocycles. The number of likely N-dealkylation sites (tertiary alicyclic amines) is 1. The number of rotatable bonds is 3. The first-order valence-electron chi connectivity index (χ1n) is 10.8. The first-order valence-corrected chi connectivity index (χ1v) is 10.8. The third kappa shape index (κ3) is 3.73. The van der Waals surface area contributed by atoms with Crippen LogP contribution in [0.25, 0.3) is 0 Å². The van der Waals surface area contributed by atoms with Crippen molar-refractivity contribution in [2.75, 3.05) is 20.1 Å². The minimum Gasteiger partial charge on any atom is -0.478 e. The average molecular weight is 398 g/mol. The lowest BCUT2D eigenvalue weighted by molar-refractivity contribution is -0.134. The molecule has 2 N–H and O–H groups in total. The molecule has 0 radical (unpaired) electrons. The Bertz CT molecular complexity index is 816. The molecule has 5 rings (SSSR count). The van der Waals surface area contributed by atoms with E-state index in [-0.39, 0.29) is 0 Å². The van der Waals surface area contributed by atoms with Crippen molar-refractivity contribution in [3.63, 3.8) is 0 Å². The SMILES string of the molecule is CN1CC2C3CCC(C3)C2(c2ccc3c(c2)CCCC3)C1.O=C(O)/C=C/C(=O)O. The highest BCUT2D eigenvalue weighted by Gasteiger charge is 2.61. The molecule has 0 aromatic heterocycles. The summed E-state index contributed by atoms with van der Waals surface area (Å²) in [6.07, 6.45) is 11.1. The zero-order chi connectivity index (χ0) is 20.6. The van der Waals surface area contributed by atoms with Crippen molar-refractivity contribution in [2.45, 2.75) is 50.4 Å². The molecular weight excluding hydrogens is 366 g/mol. The zero-order valence-corrected chi connectivity index (χ0v) is 17.1. The van der Waals surface area contributed by atoms with Gasteiger partial charge in [0.15, 0.2) is 0 Å². The number of aryl methyl sites for hydroxylation is 2. The molecule has 1 saturated heterocycles. The lowest BCUT2D eigenvalue weighted by atomic mass is 9.63. The van der Waals surface area contributed by atoms with Crippen molar-refractivity contribution >= 4 is 11.9 Å². The molecule has 1 heterocycles. The summed E-state index contributed by atoms with van der Waals surface area (Å²) in [5.41, 5.74) is 5.56. The second-order valence-electron chi connectivity index (χ2n) is 9.31. The summed E-state index contributed by atoms with van der Waals surface area (Å²) in [6.45, 7) is 2.66. The number of carboxylic acids is 2. The van der Waals surface area contributed by atoms with Gasteiger partial charge >= 0.3 is 11.9 Å². The number of nitrogens with zero attached hydrogens (tertiary/aromatic N) is 1. The van der Waals surface area contributed by atoms with Gasteiger partial charge < -0.3 is 15.1 Å². The van der Waals surface area contributed by atoms with Crippen molar-refractivity contribution in [1.82, 2.24) is 4.90 Å². The fourth-order valence-corrected chi connectivity index (χ4v) is 6.68. The smallest absolute Gasteiger partial charge is 0.328 e. The minimum absolute atomic E-state index is 0.518. The van der Waals surface area contributed by atoms with Gasteiger partial charge in [-0.25, -0.2) is 9.59 Å². The van der Waals surface area contributed by atoms with Crippen LogP contribution < -0.4 is 0 Å². The van der Waals surface area contributed by atoms with Gasteiger partial charge in [0, 0.05) is 30.7 Å². The molecule has 4 aliphatic rings. The summed E-state index contributed by atoms with van der Waals surface area (Å²) < 4.78 is 0. The molecule has 4 unspecified atom stereocenters. The van der Waals surface area contributed by atoms with Crippen molar-refractivity contribution in [3.8, 4) is 0 Å². The van der Waals surface area contributed by atoms with Crippen LogP contribution in [-0.2, 0) is 27.8 Å². The lowest BCUT2D eigenvalue weighted by Gasteiger charge is -2.40. The van der Waals surface area contributed by atoms with Gasteiger partial charge in [0.1, 0.15) is 0 Å². The van der Waals surface area contributed by atoms with E-state index in [1.165, 1.54) is 58.0 Å². The number of hydrogen-bond acceptors (Lipinski definition) is 3. The van der Waals surface area contributed by atoms with E-state index in [0.717, 1.165) is 17.8 Å². The van der Waals surface area contributed by atoms with Gasteiger partial charge in [0.2, 0.25) is 0 Å². The largest absolute Gasteiger partial charge is 0.478 e. The van der Waals surface area contributed by atoms with Crippen LogP contribution in [0.15, 0.2) is 30.4 Å². The highest BCUT2D eigenvalue weighted by molar-refractivity contribution is 5.89. The van der Waals surface area contributed by atoms with Crippen LogP contribution in [0.1, 0.15) is 48.8 Å². The van der Waals surface area contributed by atoms with Crippen molar-refractivity contribution in [1.29, 1.82) is 0 Å². The molecule has 3 fully saturated rings.